The van der Waals surface area contributed by atoms with Gasteiger partial charge in [0.15, 0.2) is 0 Å². The Morgan fingerprint density at radius 3 is 2.52 bits per heavy atom. The molecular weight excluding hydrogens is 325 g/mol. The minimum absolute atomic E-state index is 0.368. The zero-order chi connectivity index (χ0) is 18.4. The molecule has 1 saturated heterocycles. The molecule has 1 aliphatic rings. The maximum atomic E-state index is 12.9. The van der Waals surface area contributed by atoms with Gasteiger partial charge in [0.25, 0.3) is 5.91 Å². The van der Waals surface area contributed by atoms with Crippen molar-refractivity contribution in [3.05, 3.63) is 30.1 Å². The summed E-state index contributed by atoms with van der Waals surface area (Å²) in [5, 5.41) is 5.24. The van der Waals surface area contributed by atoms with Crippen LogP contribution in [0.2, 0.25) is 0 Å². The minimum Gasteiger partial charge on any atom is -0.325 e. The number of unbranched alkanes of at least 4 members (excludes halogenated alkanes) is 3. The minimum atomic E-state index is -0.957. The fourth-order valence-corrected chi connectivity index (χ4v) is 2.84. The number of imide groups is 1. The van der Waals surface area contributed by atoms with Crippen molar-refractivity contribution in [2.24, 2.45) is 0 Å². The van der Waals surface area contributed by atoms with E-state index < -0.39 is 23.3 Å². The number of carbonyl (C=O) groups excluding carboxylic acids is 3. The van der Waals surface area contributed by atoms with Crippen LogP contribution in [0.25, 0.3) is 0 Å². The fourth-order valence-electron chi connectivity index (χ4n) is 2.84. The number of anilines is 1. The molecule has 1 heterocycles. The van der Waals surface area contributed by atoms with Gasteiger partial charge in [-0.3, -0.25) is 14.5 Å². The van der Waals surface area contributed by atoms with Gasteiger partial charge in [-0.15, -0.1) is 0 Å². The number of nitrogens with zero attached hydrogens (tertiary/aromatic N) is 1. The number of hydrogen-bond donors (Lipinski definition) is 2. The molecule has 0 aromatic heterocycles. The third-order valence-electron chi connectivity index (χ3n) is 4.31. The molecule has 0 spiro atoms. The molecule has 2 N–H and O–H groups in total. The van der Waals surface area contributed by atoms with Gasteiger partial charge in [-0.1, -0.05) is 32.6 Å². The predicted molar refractivity (Wildman–Crippen MR) is 92.4 cm³/mol. The molecule has 1 fully saturated rings. The maximum Gasteiger partial charge on any atom is 0.325 e. The van der Waals surface area contributed by atoms with E-state index in [2.05, 4.69) is 17.6 Å². The summed E-state index contributed by atoms with van der Waals surface area (Å²) in [5.41, 5.74) is -0.554. The van der Waals surface area contributed by atoms with E-state index in [9.17, 15) is 18.8 Å². The largest absolute Gasteiger partial charge is 0.325 e. The van der Waals surface area contributed by atoms with Crippen LogP contribution in [0.3, 0.4) is 0 Å². The highest BCUT2D eigenvalue weighted by Gasteiger charge is 2.47. The number of amides is 4. The van der Waals surface area contributed by atoms with Gasteiger partial charge in [0, 0.05) is 5.69 Å². The van der Waals surface area contributed by atoms with E-state index in [4.69, 9.17) is 0 Å². The fraction of sp³-hybridized carbons (Fsp3) is 0.500. The van der Waals surface area contributed by atoms with Crippen LogP contribution in [-0.4, -0.2) is 34.8 Å². The highest BCUT2D eigenvalue weighted by molar-refractivity contribution is 6.09. The SMILES string of the molecule is CCCCCC[C@]1(C)NC(=O)N(CC(=O)Nc2ccc(F)cc2)C1=O. The average molecular weight is 349 g/mol. The third kappa shape index (κ3) is 4.78. The molecule has 0 unspecified atom stereocenters. The van der Waals surface area contributed by atoms with Crippen LogP contribution < -0.4 is 10.6 Å². The van der Waals surface area contributed by atoms with E-state index in [1.807, 2.05) is 0 Å². The van der Waals surface area contributed by atoms with Crippen molar-refractivity contribution < 1.29 is 18.8 Å². The summed E-state index contributed by atoms with van der Waals surface area (Å²) < 4.78 is 12.9. The Kier molecular flexibility index (Phi) is 6.12. The number of hydrogen-bond acceptors (Lipinski definition) is 3. The average Bonchev–Trinajstić information content (AvgIpc) is 2.77. The van der Waals surface area contributed by atoms with Crippen molar-refractivity contribution in [3.63, 3.8) is 0 Å². The summed E-state index contributed by atoms with van der Waals surface area (Å²) in [6, 6.07) is 4.71. The van der Waals surface area contributed by atoms with Gasteiger partial charge < -0.3 is 10.6 Å². The molecule has 25 heavy (non-hydrogen) atoms. The molecule has 0 bridgehead atoms. The number of halogens is 1. The lowest BCUT2D eigenvalue weighted by atomic mass is 9.94. The third-order valence-corrected chi connectivity index (χ3v) is 4.31. The van der Waals surface area contributed by atoms with E-state index in [0.717, 1.165) is 30.6 Å². The van der Waals surface area contributed by atoms with Crippen molar-refractivity contribution >= 4 is 23.5 Å². The van der Waals surface area contributed by atoms with E-state index in [-0.39, 0.29) is 12.5 Å². The Balaban J connectivity index is 1.92. The van der Waals surface area contributed by atoms with E-state index >= 15 is 0 Å². The van der Waals surface area contributed by atoms with Crippen LogP contribution >= 0.6 is 0 Å². The van der Waals surface area contributed by atoms with Crippen molar-refractivity contribution in [1.29, 1.82) is 0 Å². The molecule has 1 aliphatic heterocycles. The highest BCUT2D eigenvalue weighted by atomic mass is 19.1. The van der Waals surface area contributed by atoms with Gasteiger partial charge in [0.2, 0.25) is 5.91 Å². The Hall–Kier alpha value is -2.44. The van der Waals surface area contributed by atoms with Gasteiger partial charge in [-0.2, -0.15) is 0 Å². The van der Waals surface area contributed by atoms with E-state index in [0.29, 0.717) is 12.1 Å². The van der Waals surface area contributed by atoms with Gasteiger partial charge >= 0.3 is 6.03 Å². The zero-order valence-electron chi connectivity index (χ0n) is 14.6. The smallest absolute Gasteiger partial charge is 0.325 e. The van der Waals surface area contributed by atoms with Crippen LogP contribution in [0.5, 0.6) is 0 Å². The first-order chi connectivity index (χ1) is 11.9. The van der Waals surface area contributed by atoms with Crippen molar-refractivity contribution in [2.75, 3.05) is 11.9 Å². The van der Waals surface area contributed by atoms with Crippen molar-refractivity contribution in [2.45, 2.75) is 51.5 Å². The van der Waals surface area contributed by atoms with Crippen LogP contribution in [-0.2, 0) is 9.59 Å². The highest BCUT2D eigenvalue weighted by Crippen LogP contribution is 2.24. The molecule has 1 atom stereocenters. The van der Waals surface area contributed by atoms with Crippen LogP contribution in [0.15, 0.2) is 24.3 Å². The number of carbonyl (C=O) groups is 3. The van der Waals surface area contributed by atoms with Crippen molar-refractivity contribution in [3.8, 4) is 0 Å². The number of urea groups is 1. The standard InChI is InChI=1S/C18H24FN3O3/c1-3-4-5-6-11-18(2)16(24)22(17(25)21-18)12-15(23)20-14-9-7-13(19)8-10-14/h7-10H,3-6,11-12H2,1-2H3,(H,20,23)(H,21,25)/t18-/m0/s1. The molecule has 2 rings (SSSR count). The lowest BCUT2D eigenvalue weighted by Gasteiger charge is -2.21. The Bertz CT molecular complexity index is 647. The second-order valence-corrected chi connectivity index (χ2v) is 6.52. The first-order valence-corrected chi connectivity index (χ1v) is 8.55. The summed E-state index contributed by atoms with van der Waals surface area (Å²) in [6.45, 7) is 3.43. The summed E-state index contributed by atoms with van der Waals surface area (Å²) in [6.07, 6.45) is 4.56. The van der Waals surface area contributed by atoms with Crippen LogP contribution in [0.1, 0.15) is 46.0 Å². The Labute approximate surface area is 146 Å². The first-order valence-electron chi connectivity index (χ1n) is 8.55. The predicted octanol–water partition coefficient (Wildman–Crippen LogP) is 3.05. The molecular formula is C18H24FN3O3. The second kappa shape index (κ2) is 8.09. The zero-order valence-corrected chi connectivity index (χ0v) is 14.6. The monoisotopic (exact) mass is 349 g/mol. The molecule has 0 radical (unpaired) electrons. The van der Waals surface area contributed by atoms with Crippen molar-refractivity contribution in [1.82, 2.24) is 10.2 Å². The summed E-state index contributed by atoms with van der Waals surface area (Å²) in [7, 11) is 0. The molecule has 0 aliphatic carbocycles. The quantitative estimate of drug-likeness (QED) is 0.559. The molecule has 4 amide bonds. The lowest BCUT2D eigenvalue weighted by molar-refractivity contribution is -0.133. The number of benzene rings is 1. The maximum absolute atomic E-state index is 12.9. The lowest BCUT2D eigenvalue weighted by Crippen LogP contribution is -2.44. The molecule has 1 aromatic rings. The number of nitrogens with one attached hydrogen (secondary N) is 2. The van der Waals surface area contributed by atoms with Crippen LogP contribution in [0, 0.1) is 5.82 Å². The van der Waals surface area contributed by atoms with E-state index in [1.165, 1.54) is 24.3 Å². The van der Waals surface area contributed by atoms with Gasteiger partial charge in [-0.05, 0) is 37.6 Å². The first kappa shape index (κ1) is 18.9. The molecule has 7 heteroatoms. The molecule has 0 saturated carbocycles. The van der Waals surface area contributed by atoms with Gasteiger partial charge in [-0.25, -0.2) is 9.18 Å². The Morgan fingerprint density at radius 1 is 1.20 bits per heavy atom. The molecule has 1 aromatic carbocycles. The normalized spacial score (nSPS) is 19.9. The van der Waals surface area contributed by atoms with Gasteiger partial charge in [0.1, 0.15) is 17.9 Å². The van der Waals surface area contributed by atoms with Gasteiger partial charge in [0.05, 0.1) is 0 Å². The summed E-state index contributed by atoms with van der Waals surface area (Å²) >= 11 is 0. The van der Waals surface area contributed by atoms with E-state index in [1.54, 1.807) is 6.92 Å². The Morgan fingerprint density at radius 2 is 1.88 bits per heavy atom. The molecule has 136 valence electrons. The molecule has 6 nitrogen and oxygen atoms in total. The second-order valence-electron chi connectivity index (χ2n) is 6.52. The van der Waals surface area contributed by atoms with Crippen LogP contribution in [0.4, 0.5) is 14.9 Å². The topological polar surface area (TPSA) is 78.5 Å². The summed E-state index contributed by atoms with van der Waals surface area (Å²) in [5.74, 6) is -1.31. The number of rotatable bonds is 8. The summed E-state index contributed by atoms with van der Waals surface area (Å²) in [4.78, 5) is 37.6.